The molecule has 0 saturated carbocycles. The van der Waals surface area contributed by atoms with Crippen molar-refractivity contribution in [3.05, 3.63) is 87.7 Å². The minimum atomic E-state index is 0.119. The second-order valence-corrected chi connectivity index (χ2v) is 6.35. The number of hydrogen-bond acceptors (Lipinski definition) is 3. The average Bonchev–Trinajstić information content (AvgIpc) is 2.97. The molecule has 0 fully saturated rings. The van der Waals surface area contributed by atoms with Gasteiger partial charge in [0.15, 0.2) is 0 Å². The standard InChI is InChI=1S/C20H21N3S/c1-3-21-20-23(16(2)15-24-20)22-14-19(17-10-6-4-7-11-17)18-12-8-5-9-13-18/h4-15,19H,3H2,1-2H3. The van der Waals surface area contributed by atoms with Gasteiger partial charge in [0.25, 0.3) is 0 Å². The fourth-order valence-electron chi connectivity index (χ4n) is 2.59. The Morgan fingerprint density at radius 1 is 1.00 bits per heavy atom. The van der Waals surface area contributed by atoms with Gasteiger partial charge in [-0.25, -0.2) is 4.68 Å². The van der Waals surface area contributed by atoms with Crippen LogP contribution in [0.15, 0.2) is 76.1 Å². The maximum Gasteiger partial charge on any atom is 0.205 e. The summed E-state index contributed by atoms with van der Waals surface area (Å²) in [6.45, 7) is 4.86. The van der Waals surface area contributed by atoms with Crippen LogP contribution in [0.1, 0.15) is 29.7 Å². The summed E-state index contributed by atoms with van der Waals surface area (Å²) >= 11 is 1.63. The van der Waals surface area contributed by atoms with Crippen molar-refractivity contribution in [2.24, 2.45) is 10.1 Å². The van der Waals surface area contributed by atoms with E-state index in [-0.39, 0.29) is 5.92 Å². The molecule has 0 bridgehead atoms. The van der Waals surface area contributed by atoms with E-state index in [1.165, 1.54) is 11.1 Å². The van der Waals surface area contributed by atoms with Crippen molar-refractivity contribution in [2.45, 2.75) is 19.8 Å². The second kappa shape index (κ2) is 7.88. The first-order chi connectivity index (χ1) is 11.8. The number of nitrogens with zero attached hydrogens (tertiary/aromatic N) is 3. The molecular weight excluding hydrogens is 314 g/mol. The molecule has 122 valence electrons. The van der Waals surface area contributed by atoms with Crippen molar-refractivity contribution in [1.82, 2.24) is 4.68 Å². The topological polar surface area (TPSA) is 29.6 Å². The number of thiazole rings is 1. The third kappa shape index (κ3) is 3.71. The third-order valence-corrected chi connectivity index (χ3v) is 4.76. The second-order valence-electron chi connectivity index (χ2n) is 5.51. The maximum atomic E-state index is 4.75. The minimum Gasteiger partial charge on any atom is -0.258 e. The van der Waals surface area contributed by atoms with E-state index in [2.05, 4.69) is 65.8 Å². The highest BCUT2D eigenvalue weighted by molar-refractivity contribution is 7.07. The lowest BCUT2D eigenvalue weighted by Gasteiger charge is -2.13. The Bertz CT molecular complexity index is 821. The van der Waals surface area contributed by atoms with Gasteiger partial charge in [-0.3, -0.25) is 4.99 Å². The van der Waals surface area contributed by atoms with Gasteiger partial charge in [0.2, 0.25) is 4.80 Å². The zero-order valence-electron chi connectivity index (χ0n) is 14.0. The molecule has 0 aliphatic carbocycles. The molecule has 0 saturated heterocycles. The molecule has 4 heteroatoms. The lowest BCUT2D eigenvalue weighted by atomic mass is 9.92. The van der Waals surface area contributed by atoms with E-state index in [9.17, 15) is 0 Å². The molecule has 0 unspecified atom stereocenters. The van der Waals surface area contributed by atoms with E-state index in [1.807, 2.05) is 29.9 Å². The number of aromatic nitrogens is 1. The van der Waals surface area contributed by atoms with Gasteiger partial charge in [-0.05, 0) is 25.0 Å². The van der Waals surface area contributed by atoms with Crippen LogP contribution >= 0.6 is 11.3 Å². The molecular formula is C20H21N3S. The molecule has 24 heavy (non-hydrogen) atoms. The fourth-order valence-corrected chi connectivity index (χ4v) is 3.46. The Balaban J connectivity index is 2.02. The van der Waals surface area contributed by atoms with Gasteiger partial charge >= 0.3 is 0 Å². The van der Waals surface area contributed by atoms with Crippen molar-refractivity contribution < 1.29 is 0 Å². The molecule has 0 spiro atoms. The summed E-state index contributed by atoms with van der Waals surface area (Å²) in [5.74, 6) is 0.119. The normalized spacial score (nSPS) is 12.4. The summed E-state index contributed by atoms with van der Waals surface area (Å²) in [6, 6.07) is 20.9. The van der Waals surface area contributed by atoms with E-state index >= 15 is 0 Å². The molecule has 1 heterocycles. The lowest BCUT2D eigenvalue weighted by Crippen LogP contribution is -2.14. The van der Waals surface area contributed by atoms with Crippen LogP contribution in [0, 0.1) is 6.92 Å². The first-order valence-electron chi connectivity index (χ1n) is 8.11. The van der Waals surface area contributed by atoms with Crippen molar-refractivity contribution >= 4 is 17.6 Å². The number of benzene rings is 2. The summed E-state index contributed by atoms with van der Waals surface area (Å²) in [6.07, 6.45) is 2.01. The van der Waals surface area contributed by atoms with Gasteiger partial charge in [0.1, 0.15) is 0 Å². The van der Waals surface area contributed by atoms with Gasteiger partial charge in [0.05, 0.1) is 5.69 Å². The van der Waals surface area contributed by atoms with E-state index in [0.717, 1.165) is 17.0 Å². The monoisotopic (exact) mass is 335 g/mol. The van der Waals surface area contributed by atoms with Crippen LogP contribution in [0.5, 0.6) is 0 Å². The van der Waals surface area contributed by atoms with Crippen molar-refractivity contribution in [1.29, 1.82) is 0 Å². The van der Waals surface area contributed by atoms with E-state index < -0.39 is 0 Å². The molecule has 0 N–H and O–H groups in total. The Kier molecular flexibility index (Phi) is 5.39. The molecule has 0 amide bonds. The summed E-state index contributed by atoms with van der Waals surface area (Å²) in [5.41, 5.74) is 3.56. The van der Waals surface area contributed by atoms with Crippen LogP contribution in [0.25, 0.3) is 0 Å². The SMILES string of the molecule is CCN=c1scc(C)n1N=CC(c1ccccc1)c1ccccc1. The third-order valence-electron chi connectivity index (χ3n) is 3.79. The van der Waals surface area contributed by atoms with Gasteiger partial charge in [0, 0.05) is 24.1 Å². The van der Waals surface area contributed by atoms with E-state index in [1.54, 1.807) is 11.3 Å². The first-order valence-corrected chi connectivity index (χ1v) is 8.99. The number of aryl methyl sites for hydroxylation is 1. The molecule has 3 nitrogen and oxygen atoms in total. The van der Waals surface area contributed by atoms with Gasteiger partial charge < -0.3 is 0 Å². The Hall–Kier alpha value is -2.46. The van der Waals surface area contributed by atoms with E-state index in [0.29, 0.717) is 0 Å². The molecule has 0 atom stereocenters. The predicted octanol–water partition coefficient (Wildman–Crippen LogP) is 4.44. The Morgan fingerprint density at radius 3 is 2.12 bits per heavy atom. The smallest absolute Gasteiger partial charge is 0.205 e. The molecule has 0 aliphatic rings. The van der Waals surface area contributed by atoms with Gasteiger partial charge in [-0.2, -0.15) is 5.10 Å². The molecule has 1 aromatic heterocycles. The molecule has 0 radical (unpaired) electrons. The zero-order chi connectivity index (χ0) is 16.8. The maximum absolute atomic E-state index is 4.75. The summed E-state index contributed by atoms with van der Waals surface area (Å²) < 4.78 is 1.92. The number of hydrogen-bond donors (Lipinski definition) is 0. The van der Waals surface area contributed by atoms with Crippen molar-refractivity contribution in [2.75, 3.05) is 6.54 Å². The summed E-state index contributed by atoms with van der Waals surface area (Å²) in [7, 11) is 0. The minimum absolute atomic E-state index is 0.119. The summed E-state index contributed by atoms with van der Waals surface area (Å²) in [5, 5.41) is 6.83. The summed E-state index contributed by atoms with van der Waals surface area (Å²) in [4.78, 5) is 5.45. The van der Waals surface area contributed by atoms with Crippen LogP contribution in [0.2, 0.25) is 0 Å². The molecule has 3 aromatic rings. The largest absolute Gasteiger partial charge is 0.258 e. The highest BCUT2D eigenvalue weighted by atomic mass is 32.1. The van der Waals surface area contributed by atoms with E-state index in [4.69, 9.17) is 5.10 Å². The Morgan fingerprint density at radius 2 is 1.58 bits per heavy atom. The van der Waals surface area contributed by atoms with Crippen LogP contribution < -0.4 is 4.80 Å². The van der Waals surface area contributed by atoms with Crippen molar-refractivity contribution in [3.63, 3.8) is 0 Å². The average molecular weight is 335 g/mol. The zero-order valence-corrected chi connectivity index (χ0v) is 14.8. The van der Waals surface area contributed by atoms with Crippen LogP contribution in [-0.2, 0) is 0 Å². The van der Waals surface area contributed by atoms with Crippen LogP contribution in [0.3, 0.4) is 0 Å². The number of rotatable bonds is 5. The highest BCUT2D eigenvalue weighted by Gasteiger charge is 2.11. The van der Waals surface area contributed by atoms with Crippen LogP contribution in [0.4, 0.5) is 0 Å². The molecule has 2 aromatic carbocycles. The van der Waals surface area contributed by atoms with Gasteiger partial charge in [-0.15, -0.1) is 11.3 Å². The molecule has 0 aliphatic heterocycles. The molecule has 3 rings (SSSR count). The van der Waals surface area contributed by atoms with Crippen LogP contribution in [-0.4, -0.2) is 17.4 Å². The predicted molar refractivity (Wildman–Crippen MR) is 102 cm³/mol. The quantitative estimate of drug-likeness (QED) is 0.617. The van der Waals surface area contributed by atoms with Crippen molar-refractivity contribution in [3.8, 4) is 0 Å². The Labute approximate surface area is 146 Å². The highest BCUT2D eigenvalue weighted by Crippen LogP contribution is 2.22. The first kappa shape index (κ1) is 16.4. The fraction of sp³-hybridized carbons (Fsp3) is 0.200. The lowest BCUT2D eigenvalue weighted by molar-refractivity contribution is 0.787. The van der Waals surface area contributed by atoms with Gasteiger partial charge in [-0.1, -0.05) is 60.7 Å².